The minimum atomic E-state index is -5.25. The summed E-state index contributed by atoms with van der Waals surface area (Å²) >= 11 is 0. The van der Waals surface area contributed by atoms with Crippen molar-refractivity contribution in [2.45, 2.75) is 26.1 Å². The van der Waals surface area contributed by atoms with Gasteiger partial charge in [0, 0.05) is 12.7 Å². The standard InChI is InChI=1S/C14H14F5NO5/c1-4-25-13(22)7-6(5-23-2)8(12(21)24-3)10(14(17,18)19)20-9(7)11(15)16/h11H,4-5H2,1-3H3. The number of carbonyl (C=O) groups is 2. The van der Waals surface area contributed by atoms with Crippen molar-refractivity contribution in [3.63, 3.8) is 0 Å². The van der Waals surface area contributed by atoms with Crippen molar-refractivity contribution in [2.24, 2.45) is 0 Å². The smallest absolute Gasteiger partial charge is 0.434 e. The molecule has 0 radical (unpaired) electrons. The third-order valence-electron chi connectivity index (χ3n) is 2.96. The molecule has 0 aliphatic heterocycles. The van der Waals surface area contributed by atoms with E-state index in [4.69, 9.17) is 0 Å². The van der Waals surface area contributed by atoms with Gasteiger partial charge in [-0.25, -0.2) is 23.4 Å². The van der Waals surface area contributed by atoms with Crippen molar-refractivity contribution in [1.82, 2.24) is 4.98 Å². The molecule has 0 spiro atoms. The largest absolute Gasteiger partial charge is 0.465 e. The molecule has 0 atom stereocenters. The van der Waals surface area contributed by atoms with Crippen molar-refractivity contribution in [3.8, 4) is 0 Å². The monoisotopic (exact) mass is 371 g/mol. The number of hydrogen-bond donors (Lipinski definition) is 0. The average molecular weight is 371 g/mol. The van der Waals surface area contributed by atoms with E-state index in [0.29, 0.717) is 0 Å². The number of pyridine rings is 1. The lowest BCUT2D eigenvalue weighted by Crippen LogP contribution is -2.25. The quantitative estimate of drug-likeness (QED) is 0.565. The van der Waals surface area contributed by atoms with Gasteiger partial charge in [-0.2, -0.15) is 13.2 Å². The van der Waals surface area contributed by atoms with Gasteiger partial charge in [-0.05, 0) is 6.92 Å². The minimum Gasteiger partial charge on any atom is -0.465 e. The highest BCUT2D eigenvalue weighted by atomic mass is 19.4. The molecule has 1 aromatic rings. The van der Waals surface area contributed by atoms with Crippen LogP contribution in [0.5, 0.6) is 0 Å². The van der Waals surface area contributed by atoms with Crippen molar-refractivity contribution >= 4 is 11.9 Å². The summed E-state index contributed by atoms with van der Waals surface area (Å²) in [6, 6.07) is 0. The lowest BCUT2D eigenvalue weighted by Gasteiger charge is -2.20. The Bertz CT molecular complexity index is 660. The molecule has 1 aromatic heterocycles. The van der Waals surface area contributed by atoms with Gasteiger partial charge in [0.05, 0.1) is 31.5 Å². The molecule has 0 saturated carbocycles. The summed E-state index contributed by atoms with van der Waals surface area (Å²) in [7, 11) is 1.84. The summed E-state index contributed by atoms with van der Waals surface area (Å²) in [6.07, 6.45) is -8.77. The van der Waals surface area contributed by atoms with Gasteiger partial charge in [0.1, 0.15) is 5.69 Å². The van der Waals surface area contributed by atoms with Crippen molar-refractivity contribution in [3.05, 3.63) is 28.1 Å². The van der Waals surface area contributed by atoms with E-state index in [1.807, 2.05) is 0 Å². The molecule has 140 valence electrons. The second-order valence-corrected chi connectivity index (χ2v) is 4.52. The highest BCUT2D eigenvalue weighted by Crippen LogP contribution is 2.37. The molecule has 0 unspecified atom stereocenters. The van der Waals surface area contributed by atoms with Gasteiger partial charge in [0.15, 0.2) is 5.69 Å². The van der Waals surface area contributed by atoms with Gasteiger partial charge in [-0.15, -0.1) is 0 Å². The van der Waals surface area contributed by atoms with Crippen LogP contribution in [0.4, 0.5) is 22.0 Å². The van der Waals surface area contributed by atoms with Crippen LogP contribution in [0.15, 0.2) is 0 Å². The lowest BCUT2D eigenvalue weighted by molar-refractivity contribution is -0.142. The van der Waals surface area contributed by atoms with E-state index in [-0.39, 0.29) is 6.61 Å². The molecule has 0 saturated heterocycles. The number of esters is 2. The van der Waals surface area contributed by atoms with Crippen LogP contribution in [0.2, 0.25) is 0 Å². The number of halogens is 5. The van der Waals surface area contributed by atoms with E-state index < -0.39 is 59.2 Å². The highest BCUT2D eigenvalue weighted by molar-refractivity contribution is 5.99. The first-order valence-corrected chi connectivity index (χ1v) is 6.76. The number of nitrogens with zero attached hydrogens (tertiary/aromatic N) is 1. The molecule has 0 aliphatic rings. The summed E-state index contributed by atoms with van der Waals surface area (Å²) in [4.78, 5) is 26.7. The number of hydrogen-bond acceptors (Lipinski definition) is 6. The third-order valence-corrected chi connectivity index (χ3v) is 2.96. The van der Waals surface area contributed by atoms with Gasteiger partial charge in [0.25, 0.3) is 6.43 Å². The highest BCUT2D eigenvalue weighted by Gasteiger charge is 2.43. The third kappa shape index (κ3) is 4.41. The maximum Gasteiger partial charge on any atom is 0.434 e. The Morgan fingerprint density at radius 3 is 2.12 bits per heavy atom. The first-order chi connectivity index (χ1) is 11.6. The number of methoxy groups -OCH3 is 2. The molecule has 0 aliphatic carbocycles. The molecule has 6 nitrogen and oxygen atoms in total. The molecule has 1 rings (SSSR count). The van der Waals surface area contributed by atoms with E-state index in [1.165, 1.54) is 6.92 Å². The fourth-order valence-corrected chi connectivity index (χ4v) is 2.06. The first kappa shape index (κ1) is 20.7. The fraction of sp³-hybridized carbons (Fsp3) is 0.500. The van der Waals surface area contributed by atoms with E-state index in [1.54, 1.807) is 0 Å². The van der Waals surface area contributed by atoms with Crippen LogP contribution < -0.4 is 0 Å². The van der Waals surface area contributed by atoms with Crippen molar-refractivity contribution in [1.29, 1.82) is 0 Å². The Morgan fingerprint density at radius 2 is 1.72 bits per heavy atom. The fourth-order valence-electron chi connectivity index (χ4n) is 2.06. The predicted octanol–water partition coefficient (Wildman–Crippen LogP) is 3.15. The van der Waals surface area contributed by atoms with Crippen LogP contribution in [-0.2, 0) is 27.0 Å². The van der Waals surface area contributed by atoms with Gasteiger partial charge < -0.3 is 14.2 Å². The van der Waals surface area contributed by atoms with Crippen molar-refractivity contribution < 1.29 is 45.8 Å². The molecule has 11 heteroatoms. The molecular formula is C14H14F5NO5. The Balaban J connectivity index is 3.98. The second-order valence-electron chi connectivity index (χ2n) is 4.52. The summed E-state index contributed by atoms with van der Waals surface area (Å²) in [6.45, 7) is 0.390. The number of rotatable bonds is 6. The Hall–Kier alpha value is -2.30. The van der Waals surface area contributed by atoms with Gasteiger partial charge in [0.2, 0.25) is 0 Å². The number of ether oxygens (including phenoxy) is 3. The van der Waals surface area contributed by atoms with E-state index in [2.05, 4.69) is 19.2 Å². The minimum absolute atomic E-state index is 0.234. The average Bonchev–Trinajstić information content (AvgIpc) is 2.52. The zero-order valence-corrected chi connectivity index (χ0v) is 13.4. The normalized spacial score (nSPS) is 11.6. The summed E-state index contributed by atoms with van der Waals surface area (Å²) < 4.78 is 79.7. The molecule has 0 amide bonds. The molecule has 0 bridgehead atoms. The number of aromatic nitrogens is 1. The topological polar surface area (TPSA) is 74.7 Å². The zero-order chi connectivity index (χ0) is 19.4. The lowest BCUT2D eigenvalue weighted by atomic mass is 9.97. The van der Waals surface area contributed by atoms with Crippen LogP contribution in [-0.4, -0.2) is 37.7 Å². The van der Waals surface area contributed by atoms with Gasteiger partial charge >= 0.3 is 18.1 Å². The summed E-state index contributed by atoms with van der Waals surface area (Å²) in [5.74, 6) is -2.85. The molecule has 1 heterocycles. The van der Waals surface area contributed by atoms with E-state index >= 15 is 0 Å². The maximum absolute atomic E-state index is 13.2. The molecule has 0 aromatic carbocycles. The summed E-state index contributed by atoms with van der Waals surface area (Å²) in [5, 5.41) is 0. The molecular weight excluding hydrogens is 357 g/mol. The predicted molar refractivity (Wildman–Crippen MR) is 72.2 cm³/mol. The Kier molecular flexibility index (Phi) is 6.79. The van der Waals surface area contributed by atoms with Crippen LogP contribution >= 0.6 is 0 Å². The van der Waals surface area contributed by atoms with Crippen LogP contribution in [0.25, 0.3) is 0 Å². The maximum atomic E-state index is 13.2. The van der Waals surface area contributed by atoms with E-state index in [9.17, 15) is 31.5 Å². The second kappa shape index (κ2) is 8.19. The number of carbonyl (C=O) groups excluding carboxylic acids is 2. The number of alkyl halides is 5. The van der Waals surface area contributed by atoms with Crippen LogP contribution in [0, 0.1) is 0 Å². The van der Waals surface area contributed by atoms with Crippen LogP contribution in [0.3, 0.4) is 0 Å². The van der Waals surface area contributed by atoms with Gasteiger partial charge in [-0.1, -0.05) is 0 Å². The molecule has 0 fully saturated rings. The summed E-state index contributed by atoms with van der Waals surface area (Å²) in [5.41, 5.74) is -6.21. The zero-order valence-electron chi connectivity index (χ0n) is 13.4. The van der Waals surface area contributed by atoms with Crippen molar-refractivity contribution in [2.75, 3.05) is 20.8 Å². The molecule has 0 N–H and O–H groups in total. The Morgan fingerprint density at radius 1 is 1.12 bits per heavy atom. The van der Waals surface area contributed by atoms with E-state index in [0.717, 1.165) is 14.2 Å². The van der Waals surface area contributed by atoms with Gasteiger partial charge in [-0.3, -0.25) is 0 Å². The van der Waals surface area contributed by atoms with Crippen LogP contribution in [0.1, 0.15) is 51.0 Å². The molecule has 25 heavy (non-hydrogen) atoms. The first-order valence-electron chi connectivity index (χ1n) is 6.76. The Labute approximate surface area is 138 Å². The SMILES string of the molecule is CCOC(=O)c1c(C(F)F)nc(C(F)(F)F)c(C(=O)OC)c1COC.